The fourth-order valence-corrected chi connectivity index (χ4v) is 4.83. The second kappa shape index (κ2) is 7.37. The SMILES string of the molecule is Cc1cccc(NS(=O)(=O)c2ccc3c(c2)C[C@@H](C)N3C(=O)c2ccccc2)c1. The zero-order valence-electron chi connectivity index (χ0n) is 16.3. The minimum atomic E-state index is -3.71. The quantitative estimate of drug-likeness (QED) is 0.699. The van der Waals surface area contributed by atoms with Gasteiger partial charge in [-0.3, -0.25) is 9.52 Å². The van der Waals surface area contributed by atoms with Gasteiger partial charge in [0.15, 0.2) is 0 Å². The molecular weight excluding hydrogens is 384 g/mol. The highest BCUT2D eigenvalue weighted by Crippen LogP contribution is 2.35. The number of carbonyl (C=O) groups is 1. The summed E-state index contributed by atoms with van der Waals surface area (Å²) in [7, 11) is -3.71. The van der Waals surface area contributed by atoms with E-state index in [1.165, 1.54) is 0 Å². The molecular formula is C23H22N2O3S. The molecule has 1 heterocycles. The van der Waals surface area contributed by atoms with E-state index in [0.717, 1.165) is 16.8 Å². The summed E-state index contributed by atoms with van der Waals surface area (Å²) in [6, 6.07) is 21.3. The van der Waals surface area contributed by atoms with Gasteiger partial charge in [-0.05, 0) is 73.9 Å². The Balaban J connectivity index is 1.64. The molecule has 0 unspecified atom stereocenters. The van der Waals surface area contributed by atoms with Crippen LogP contribution >= 0.6 is 0 Å². The minimum Gasteiger partial charge on any atom is -0.305 e. The number of amides is 1. The van der Waals surface area contributed by atoms with Crippen LogP contribution in [0.2, 0.25) is 0 Å². The zero-order chi connectivity index (χ0) is 20.6. The fraction of sp³-hybridized carbons (Fsp3) is 0.174. The van der Waals surface area contributed by atoms with Crippen LogP contribution in [-0.4, -0.2) is 20.4 Å². The summed E-state index contributed by atoms with van der Waals surface area (Å²) in [5.41, 5.74) is 3.74. The van der Waals surface area contributed by atoms with Crippen molar-refractivity contribution < 1.29 is 13.2 Å². The van der Waals surface area contributed by atoms with Crippen molar-refractivity contribution in [2.45, 2.75) is 31.2 Å². The highest BCUT2D eigenvalue weighted by Gasteiger charge is 2.32. The maximum atomic E-state index is 13.0. The van der Waals surface area contributed by atoms with Crippen molar-refractivity contribution in [2.24, 2.45) is 0 Å². The minimum absolute atomic E-state index is 0.0413. The lowest BCUT2D eigenvalue weighted by molar-refractivity contribution is 0.0981. The fourth-order valence-electron chi connectivity index (χ4n) is 3.73. The van der Waals surface area contributed by atoms with Gasteiger partial charge in [-0.15, -0.1) is 0 Å². The molecule has 148 valence electrons. The molecule has 0 aliphatic carbocycles. The lowest BCUT2D eigenvalue weighted by Gasteiger charge is -2.23. The van der Waals surface area contributed by atoms with Crippen LogP contribution in [0.4, 0.5) is 11.4 Å². The summed E-state index contributed by atoms with van der Waals surface area (Å²) in [4.78, 5) is 14.9. The van der Waals surface area contributed by atoms with Crippen molar-refractivity contribution >= 4 is 27.3 Å². The predicted molar refractivity (Wildman–Crippen MR) is 115 cm³/mol. The Morgan fingerprint density at radius 3 is 2.48 bits per heavy atom. The second-order valence-corrected chi connectivity index (χ2v) is 9.04. The van der Waals surface area contributed by atoms with E-state index in [1.807, 2.05) is 44.2 Å². The van der Waals surface area contributed by atoms with Crippen molar-refractivity contribution in [1.29, 1.82) is 0 Å². The van der Waals surface area contributed by atoms with Gasteiger partial charge in [-0.2, -0.15) is 0 Å². The molecule has 1 aliphatic rings. The van der Waals surface area contributed by atoms with E-state index >= 15 is 0 Å². The molecule has 0 spiro atoms. The molecule has 1 atom stereocenters. The Bertz CT molecular complexity index is 1170. The normalized spacial score (nSPS) is 15.8. The number of rotatable bonds is 4. The summed E-state index contributed by atoms with van der Waals surface area (Å²) in [6.45, 7) is 3.88. The van der Waals surface area contributed by atoms with E-state index in [2.05, 4.69) is 4.72 Å². The third kappa shape index (κ3) is 3.76. The summed E-state index contributed by atoms with van der Waals surface area (Å²) in [5, 5.41) is 0. The van der Waals surface area contributed by atoms with Crippen molar-refractivity contribution in [3.8, 4) is 0 Å². The number of aryl methyl sites for hydroxylation is 1. The third-order valence-electron chi connectivity index (χ3n) is 5.09. The Morgan fingerprint density at radius 2 is 1.76 bits per heavy atom. The van der Waals surface area contributed by atoms with Crippen LogP contribution in [0.15, 0.2) is 77.7 Å². The number of nitrogens with zero attached hydrogens (tertiary/aromatic N) is 1. The first kappa shape index (κ1) is 19.2. The Hall–Kier alpha value is -3.12. The lowest BCUT2D eigenvalue weighted by Crippen LogP contribution is -2.35. The molecule has 1 amide bonds. The van der Waals surface area contributed by atoms with E-state index in [1.54, 1.807) is 47.4 Å². The van der Waals surface area contributed by atoms with Crippen LogP contribution in [0, 0.1) is 6.92 Å². The van der Waals surface area contributed by atoms with Crippen LogP contribution in [0.5, 0.6) is 0 Å². The Morgan fingerprint density at radius 1 is 1.00 bits per heavy atom. The summed E-state index contributed by atoms with van der Waals surface area (Å²) in [5.74, 6) is -0.0784. The molecule has 0 fully saturated rings. The van der Waals surface area contributed by atoms with Gasteiger partial charge >= 0.3 is 0 Å². The van der Waals surface area contributed by atoms with Crippen LogP contribution in [0.3, 0.4) is 0 Å². The van der Waals surface area contributed by atoms with Crippen molar-refractivity contribution in [1.82, 2.24) is 0 Å². The van der Waals surface area contributed by atoms with Gasteiger partial charge in [-0.25, -0.2) is 8.42 Å². The number of anilines is 2. The first-order valence-corrected chi connectivity index (χ1v) is 10.9. The van der Waals surface area contributed by atoms with Crippen LogP contribution in [0.1, 0.15) is 28.4 Å². The number of hydrogen-bond acceptors (Lipinski definition) is 3. The number of nitrogens with one attached hydrogen (secondary N) is 1. The summed E-state index contributed by atoms with van der Waals surface area (Å²) in [6.07, 6.45) is 0.613. The highest BCUT2D eigenvalue weighted by molar-refractivity contribution is 7.92. The number of sulfonamides is 1. The number of fused-ring (bicyclic) bond motifs is 1. The number of hydrogen-bond donors (Lipinski definition) is 1. The van der Waals surface area contributed by atoms with E-state index < -0.39 is 10.0 Å². The zero-order valence-corrected chi connectivity index (χ0v) is 17.1. The van der Waals surface area contributed by atoms with Gasteiger partial charge in [0.25, 0.3) is 15.9 Å². The van der Waals surface area contributed by atoms with E-state index in [9.17, 15) is 13.2 Å². The monoisotopic (exact) mass is 406 g/mol. The molecule has 0 saturated heterocycles. The average Bonchev–Trinajstić information content (AvgIpc) is 3.02. The van der Waals surface area contributed by atoms with Crippen LogP contribution < -0.4 is 9.62 Å². The molecule has 29 heavy (non-hydrogen) atoms. The van der Waals surface area contributed by atoms with Gasteiger partial charge in [0.05, 0.1) is 4.90 Å². The van der Waals surface area contributed by atoms with Gasteiger partial charge in [0.2, 0.25) is 0 Å². The average molecular weight is 407 g/mol. The van der Waals surface area contributed by atoms with Gasteiger partial charge in [-0.1, -0.05) is 30.3 Å². The van der Waals surface area contributed by atoms with Crippen LogP contribution in [-0.2, 0) is 16.4 Å². The first-order chi connectivity index (χ1) is 13.8. The first-order valence-electron chi connectivity index (χ1n) is 9.46. The van der Waals surface area contributed by atoms with Gasteiger partial charge in [0, 0.05) is 23.0 Å². The smallest absolute Gasteiger partial charge is 0.261 e. The lowest BCUT2D eigenvalue weighted by atomic mass is 10.1. The topological polar surface area (TPSA) is 66.5 Å². The molecule has 5 nitrogen and oxygen atoms in total. The Kier molecular flexibility index (Phi) is 4.88. The largest absolute Gasteiger partial charge is 0.305 e. The van der Waals surface area contributed by atoms with E-state index in [0.29, 0.717) is 17.7 Å². The predicted octanol–water partition coefficient (Wildman–Crippen LogP) is 4.39. The molecule has 1 N–H and O–H groups in total. The number of carbonyl (C=O) groups excluding carboxylic acids is 1. The molecule has 1 aliphatic heterocycles. The van der Waals surface area contributed by atoms with Gasteiger partial charge < -0.3 is 4.90 Å². The molecule has 0 saturated carbocycles. The molecule has 0 radical (unpaired) electrons. The highest BCUT2D eigenvalue weighted by atomic mass is 32.2. The van der Waals surface area contributed by atoms with Crippen molar-refractivity contribution in [3.63, 3.8) is 0 Å². The third-order valence-corrected chi connectivity index (χ3v) is 6.47. The Labute approximate surface area is 171 Å². The van der Waals surface area contributed by atoms with Crippen molar-refractivity contribution in [2.75, 3.05) is 9.62 Å². The van der Waals surface area contributed by atoms with Crippen LogP contribution in [0.25, 0.3) is 0 Å². The summed E-state index contributed by atoms with van der Waals surface area (Å²) < 4.78 is 28.3. The molecule has 4 rings (SSSR count). The summed E-state index contributed by atoms with van der Waals surface area (Å²) >= 11 is 0. The molecule has 0 bridgehead atoms. The van der Waals surface area contributed by atoms with E-state index in [4.69, 9.17) is 0 Å². The molecule has 3 aromatic rings. The maximum absolute atomic E-state index is 13.0. The molecule has 0 aromatic heterocycles. The standard InChI is InChI=1S/C23H22N2O3S/c1-16-7-6-10-20(13-16)24-29(27,28)21-11-12-22-19(15-21)14-17(2)25(22)23(26)18-8-4-3-5-9-18/h3-13,15,17,24H,14H2,1-2H3/t17-/m1/s1. The number of benzene rings is 3. The second-order valence-electron chi connectivity index (χ2n) is 7.36. The van der Waals surface area contributed by atoms with E-state index in [-0.39, 0.29) is 16.8 Å². The van der Waals surface area contributed by atoms with Gasteiger partial charge in [0.1, 0.15) is 0 Å². The molecule has 6 heteroatoms. The maximum Gasteiger partial charge on any atom is 0.261 e. The van der Waals surface area contributed by atoms with Crippen molar-refractivity contribution in [3.05, 3.63) is 89.5 Å². The molecule has 3 aromatic carbocycles.